The first-order chi connectivity index (χ1) is 17.9. The molecule has 0 N–H and O–H groups in total. The third kappa shape index (κ3) is 3.41. The Balaban J connectivity index is 1.24. The number of esters is 1. The smallest absolute Gasteiger partial charge is 0.329 e. The highest BCUT2D eigenvalue weighted by molar-refractivity contribution is 6.10. The number of Topliss-reactive ketones (excluding diaryl/α,β-unsaturated/α-hetero) is 1. The summed E-state index contributed by atoms with van der Waals surface area (Å²) in [5.41, 5.74) is 4.63. The van der Waals surface area contributed by atoms with Crippen LogP contribution < -0.4 is 4.74 Å². The van der Waals surface area contributed by atoms with Crippen molar-refractivity contribution >= 4 is 23.6 Å². The van der Waals surface area contributed by atoms with Crippen molar-refractivity contribution in [3.63, 3.8) is 0 Å². The Labute approximate surface area is 214 Å². The fourth-order valence-electron chi connectivity index (χ4n) is 6.31. The van der Waals surface area contributed by atoms with Gasteiger partial charge in [0.05, 0.1) is 18.9 Å². The maximum atomic E-state index is 13.7. The molecule has 2 bridgehead atoms. The number of carbonyl (C=O) groups excluding carboxylic acids is 4. The Hall–Kier alpha value is -4.26. The number of benzene rings is 3. The first kappa shape index (κ1) is 23.2. The number of carbonyl (C=O) groups is 4. The first-order valence-electron chi connectivity index (χ1n) is 12.3. The monoisotopic (exact) mass is 495 g/mol. The average molecular weight is 496 g/mol. The van der Waals surface area contributed by atoms with E-state index < -0.39 is 30.5 Å². The van der Waals surface area contributed by atoms with Gasteiger partial charge in [-0.25, -0.2) is 4.79 Å². The van der Waals surface area contributed by atoms with Gasteiger partial charge in [-0.1, -0.05) is 48.5 Å². The van der Waals surface area contributed by atoms with Gasteiger partial charge in [-0.05, 0) is 53.4 Å². The van der Waals surface area contributed by atoms with Crippen LogP contribution in [0.4, 0.5) is 0 Å². The number of rotatable bonds is 6. The van der Waals surface area contributed by atoms with Crippen molar-refractivity contribution in [2.45, 2.75) is 24.8 Å². The fraction of sp³-hybridized carbons (Fsp3) is 0.267. The zero-order valence-electron chi connectivity index (χ0n) is 20.4. The van der Waals surface area contributed by atoms with E-state index in [1.807, 2.05) is 48.5 Å². The van der Waals surface area contributed by atoms with E-state index in [-0.39, 0.29) is 29.4 Å². The number of methoxy groups -OCH3 is 1. The lowest BCUT2D eigenvalue weighted by Gasteiger charge is -2.45. The number of ketones is 1. The van der Waals surface area contributed by atoms with Gasteiger partial charge in [0.25, 0.3) is 0 Å². The van der Waals surface area contributed by atoms with E-state index in [9.17, 15) is 19.2 Å². The van der Waals surface area contributed by atoms with E-state index in [1.54, 1.807) is 24.3 Å². The highest BCUT2D eigenvalue weighted by Crippen LogP contribution is 2.61. The maximum absolute atomic E-state index is 13.7. The summed E-state index contributed by atoms with van der Waals surface area (Å²) in [5.74, 6) is -2.93. The molecule has 0 unspecified atom stereocenters. The van der Waals surface area contributed by atoms with E-state index >= 15 is 0 Å². The molecule has 7 nitrogen and oxygen atoms in total. The van der Waals surface area contributed by atoms with Crippen molar-refractivity contribution < 1.29 is 28.7 Å². The average Bonchev–Trinajstić information content (AvgIpc) is 3.21. The van der Waals surface area contributed by atoms with Gasteiger partial charge in [-0.3, -0.25) is 19.3 Å². The van der Waals surface area contributed by atoms with Crippen LogP contribution in [0.5, 0.6) is 5.75 Å². The van der Waals surface area contributed by atoms with Crippen molar-refractivity contribution in [2.75, 3.05) is 13.7 Å². The normalized spacial score (nSPS) is 23.7. The number of likely N-dealkylation sites (tertiary alicyclic amines) is 1. The maximum Gasteiger partial charge on any atom is 0.329 e. The molecule has 1 heterocycles. The predicted molar refractivity (Wildman–Crippen MR) is 133 cm³/mol. The quantitative estimate of drug-likeness (QED) is 0.294. The Bertz CT molecular complexity index is 1330. The number of ether oxygens (including phenoxy) is 2. The highest BCUT2D eigenvalue weighted by Gasteiger charge is 2.62. The van der Waals surface area contributed by atoms with Crippen LogP contribution in [-0.2, 0) is 19.1 Å². The largest absolute Gasteiger partial charge is 0.497 e. The summed E-state index contributed by atoms with van der Waals surface area (Å²) in [6.45, 7) is 0.996. The molecule has 3 aromatic carbocycles. The van der Waals surface area contributed by atoms with Crippen LogP contribution in [0.15, 0.2) is 72.8 Å². The molecule has 4 aliphatic rings. The second-order valence-corrected chi connectivity index (χ2v) is 9.75. The Morgan fingerprint density at radius 1 is 0.784 bits per heavy atom. The molecule has 37 heavy (non-hydrogen) atoms. The van der Waals surface area contributed by atoms with Gasteiger partial charge < -0.3 is 9.47 Å². The topological polar surface area (TPSA) is 90.0 Å². The molecular weight excluding hydrogens is 470 g/mol. The van der Waals surface area contributed by atoms with E-state index in [2.05, 4.69) is 0 Å². The van der Waals surface area contributed by atoms with Gasteiger partial charge in [-0.2, -0.15) is 0 Å². The molecule has 1 aliphatic heterocycles. The highest BCUT2D eigenvalue weighted by atomic mass is 16.5. The molecule has 0 aromatic heterocycles. The molecule has 3 aliphatic carbocycles. The first-order valence-corrected chi connectivity index (χ1v) is 12.3. The van der Waals surface area contributed by atoms with E-state index in [1.165, 1.54) is 14.0 Å². The van der Waals surface area contributed by atoms with Crippen LogP contribution >= 0.6 is 0 Å². The summed E-state index contributed by atoms with van der Waals surface area (Å²) in [6, 6.07) is 21.3. The van der Waals surface area contributed by atoms with Crippen molar-refractivity contribution in [1.82, 2.24) is 4.90 Å². The van der Waals surface area contributed by atoms with Crippen molar-refractivity contribution in [3.05, 3.63) is 101 Å². The zero-order valence-corrected chi connectivity index (χ0v) is 20.4. The second kappa shape index (κ2) is 8.69. The van der Waals surface area contributed by atoms with E-state index in [0.717, 1.165) is 27.2 Å². The van der Waals surface area contributed by atoms with Gasteiger partial charge >= 0.3 is 5.97 Å². The van der Waals surface area contributed by atoms with Crippen LogP contribution in [0, 0.1) is 11.8 Å². The van der Waals surface area contributed by atoms with Gasteiger partial charge in [0.2, 0.25) is 11.8 Å². The third-order valence-electron chi connectivity index (χ3n) is 7.97. The molecule has 3 aromatic rings. The Morgan fingerprint density at radius 3 is 1.68 bits per heavy atom. The summed E-state index contributed by atoms with van der Waals surface area (Å²) < 4.78 is 10.4. The van der Waals surface area contributed by atoms with Crippen LogP contribution in [0.1, 0.15) is 51.4 Å². The fourth-order valence-corrected chi connectivity index (χ4v) is 6.31. The molecule has 3 atom stereocenters. The van der Waals surface area contributed by atoms with Gasteiger partial charge in [0, 0.05) is 17.4 Å². The number of nitrogens with zero attached hydrogens (tertiary/aromatic N) is 1. The van der Waals surface area contributed by atoms with Gasteiger partial charge in [0.15, 0.2) is 12.4 Å². The molecule has 1 saturated heterocycles. The third-order valence-corrected chi connectivity index (χ3v) is 7.97. The molecule has 0 spiro atoms. The molecule has 186 valence electrons. The van der Waals surface area contributed by atoms with Crippen molar-refractivity contribution in [2.24, 2.45) is 11.8 Å². The molecule has 1 fully saturated rings. The lowest BCUT2D eigenvalue weighted by atomic mass is 9.55. The number of imide groups is 1. The van der Waals surface area contributed by atoms with E-state index in [4.69, 9.17) is 9.47 Å². The number of amides is 2. The minimum atomic E-state index is -1.14. The zero-order chi connectivity index (χ0) is 25.8. The van der Waals surface area contributed by atoms with Crippen LogP contribution in [-0.4, -0.2) is 48.2 Å². The summed E-state index contributed by atoms with van der Waals surface area (Å²) in [7, 11) is 1.53. The molecule has 7 heteroatoms. The second-order valence-electron chi connectivity index (χ2n) is 9.75. The molecule has 2 amide bonds. The Morgan fingerprint density at radius 2 is 1.24 bits per heavy atom. The minimum absolute atomic E-state index is 0.247. The van der Waals surface area contributed by atoms with Crippen molar-refractivity contribution in [3.8, 4) is 5.75 Å². The minimum Gasteiger partial charge on any atom is -0.497 e. The predicted octanol–water partition coefficient (Wildman–Crippen LogP) is 3.70. The summed E-state index contributed by atoms with van der Waals surface area (Å²) in [5, 5.41) is 0. The standard InChI is InChI=1S/C30H25NO6/c1-16(30(35)37-15-23(32)17-11-13-18(36-2)14-12-17)31-28(33)26-24-19-7-3-4-8-20(19)25(27(26)29(31)34)22-10-6-5-9-21(22)24/h3-14,16,24-27H,15H2,1-2H3/t16-,24?,25?,26+,27+/m0/s1. The summed E-state index contributed by atoms with van der Waals surface area (Å²) >= 11 is 0. The van der Waals surface area contributed by atoms with Gasteiger partial charge in [-0.15, -0.1) is 0 Å². The van der Waals surface area contributed by atoms with Crippen LogP contribution in [0.2, 0.25) is 0 Å². The number of hydrogen-bond donors (Lipinski definition) is 0. The lowest BCUT2D eigenvalue weighted by Crippen LogP contribution is -2.45. The van der Waals surface area contributed by atoms with Crippen LogP contribution in [0.25, 0.3) is 0 Å². The van der Waals surface area contributed by atoms with Gasteiger partial charge in [0.1, 0.15) is 11.8 Å². The summed E-state index contributed by atoms with van der Waals surface area (Å²) in [6.07, 6.45) is 0. The van der Waals surface area contributed by atoms with Crippen LogP contribution in [0.3, 0.4) is 0 Å². The molecule has 0 radical (unpaired) electrons. The molecule has 7 rings (SSSR count). The SMILES string of the molecule is COc1ccc(C(=O)COC(=O)[C@H](C)N2C(=O)[C@@H]3C4c5ccccc5C(c5ccccc54)[C@H]3C2=O)cc1. The van der Waals surface area contributed by atoms with Crippen molar-refractivity contribution in [1.29, 1.82) is 0 Å². The summed E-state index contributed by atoms with van der Waals surface area (Å²) in [4.78, 5) is 54.0. The Kier molecular flexibility index (Phi) is 5.44. The number of hydrogen-bond acceptors (Lipinski definition) is 6. The van der Waals surface area contributed by atoms with E-state index in [0.29, 0.717) is 11.3 Å². The molecular formula is C30H25NO6. The lowest BCUT2D eigenvalue weighted by molar-refractivity contribution is -0.157. The molecule has 0 saturated carbocycles.